The molecule has 0 aliphatic rings. The Bertz CT molecular complexity index is 802. The molecule has 0 aliphatic heterocycles. The fourth-order valence-electron chi connectivity index (χ4n) is 2.12. The summed E-state index contributed by atoms with van der Waals surface area (Å²) in [5.74, 6) is 0.336. The number of anilines is 1. The van der Waals surface area contributed by atoms with E-state index in [0.717, 1.165) is 5.56 Å². The van der Waals surface area contributed by atoms with Crippen molar-refractivity contribution in [1.82, 2.24) is 4.98 Å². The number of aryl methyl sites for hydroxylation is 1. The van der Waals surface area contributed by atoms with Crippen LogP contribution in [0.2, 0.25) is 5.02 Å². The maximum Gasteiger partial charge on any atom is 0.271 e. The van der Waals surface area contributed by atoms with Crippen molar-refractivity contribution in [1.29, 1.82) is 0 Å². The first-order valence-electron chi connectivity index (χ1n) is 7.31. The van der Waals surface area contributed by atoms with Crippen molar-refractivity contribution in [3.8, 4) is 5.75 Å². The molecule has 1 amide bonds. The predicted octanol–water partition coefficient (Wildman–Crippen LogP) is 4.86. The van der Waals surface area contributed by atoms with Gasteiger partial charge in [0.05, 0.1) is 0 Å². The summed E-state index contributed by atoms with van der Waals surface area (Å²) in [4.78, 5) is 16.7. The van der Waals surface area contributed by atoms with Gasteiger partial charge in [0, 0.05) is 22.2 Å². The minimum absolute atomic E-state index is 0.284. The smallest absolute Gasteiger partial charge is 0.271 e. The van der Waals surface area contributed by atoms with E-state index in [1.54, 1.807) is 35.8 Å². The summed E-state index contributed by atoms with van der Waals surface area (Å²) in [5, 5.41) is 5.72. The molecule has 0 radical (unpaired) electrons. The van der Waals surface area contributed by atoms with E-state index in [0.29, 0.717) is 21.5 Å². The molecule has 1 unspecified atom stereocenters. The summed E-state index contributed by atoms with van der Waals surface area (Å²) in [6.45, 7) is 2.00. The molecule has 4 nitrogen and oxygen atoms in total. The number of halogens is 1. The number of carbonyl (C=O) groups excluding carboxylic acids is 1. The molecule has 1 heterocycles. The van der Waals surface area contributed by atoms with E-state index in [2.05, 4.69) is 10.3 Å². The highest BCUT2D eigenvalue weighted by molar-refractivity contribution is 7.13. The number of thiazole rings is 1. The third-order valence-electron chi connectivity index (χ3n) is 3.35. The number of carbonyl (C=O) groups is 1. The normalized spacial score (nSPS) is 11.8. The van der Waals surface area contributed by atoms with E-state index in [1.165, 1.54) is 11.3 Å². The topological polar surface area (TPSA) is 51.2 Å². The van der Waals surface area contributed by atoms with Gasteiger partial charge in [-0.25, -0.2) is 4.98 Å². The van der Waals surface area contributed by atoms with Gasteiger partial charge in [0.2, 0.25) is 6.10 Å². The molecule has 0 saturated carbocycles. The molecule has 3 aromatic rings. The number of hydrogen-bond acceptors (Lipinski definition) is 4. The third kappa shape index (κ3) is 4.13. The van der Waals surface area contributed by atoms with Crippen LogP contribution in [0, 0.1) is 6.92 Å². The first-order chi connectivity index (χ1) is 11.6. The van der Waals surface area contributed by atoms with Gasteiger partial charge in [-0.2, -0.15) is 0 Å². The molecule has 6 heteroatoms. The highest BCUT2D eigenvalue weighted by Crippen LogP contribution is 2.25. The molecule has 1 atom stereocenters. The molecule has 0 aliphatic carbocycles. The van der Waals surface area contributed by atoms with Gasteiger partial charge in [0.1, 0.15) is 5.75 Å². The zero-order chi connectivity index (χ0) is 16.9. The van der Waals surface area contributed by atoms with Crippen LogP contribution < -0.4 is 10.1 Å². The molecule has 0 fully saturated rings. The third-order valence-corrected chi connectivity index (χ3v) is 4.29. The predicted molar refractivity (Wildman–Crippen MR) is 96.7 cm³/mol. The van der Waals surface area contributed by atoms with Crippen LogP contribution in [0.3, 0.4) is 0 Å². The summed E-state index contributed by atoms with van der Waals surface area (Å²) in [6.07, 6.45) is 0.840. The van der Waals surface area contributed by atoms with Crippen molar-refractivity contribution in [2.24, 2.45) is 0 Å². The molecule has 2 aromatic carbocycles. The molecule has 1 aromatic heterocycles. The van der Waals surface area contributed by atoms with Crippen molar-refractivity contribution in [2.45, 2.75) is 13.0 Å². The maximum atomic E-state index is 12.7. The van der Waals surface area contributed by atoms with Gasteiger partial charge < -0.3 is 4.74 Å². The van der Waals surface area contributed by atoms with Crippen LogP contribution in [0.4, 0.5) is 5.13 Å². The standard InChI is InChI=1S/C18H15ClN2O2S/c1-12-2-8-15(9-3-12)23-16(13-4-6-14(19)7-5-13)17(22)21-18-20-10-11-24-18/h2-11,16H,1H3,(H,20,21,22). The fourth-order valence-corrected chi connectivity index (χ4v) is 2.78. The summed E-state index contributed by atoms with van der Waals surface area (Å²) in [7, 11) is 0. The highest BCUT2D eigenvalue weighted by Gasteiger charge is 2.23. The van der Waals surface area contributed by atoms with Gasteiger partial charge in [-0.3, -0.25) is 10.1 Å². The van der Waals surface area contributed by atoms with Crippen molar-refractivity contribution in [3.05, 3.63) is 76.3 Å². The van der Waals surface area contributed by atoms with Gasteiger partial charge in [-0.15, -0.1) is 11.3 Å². The van der Waals surface area contributed by atoms with E-state index in [-0.39, 0.29) is 5.91 Å². The van der Waals surface area contributed by atoms with Crippen LogP contribution in [0.25, 0.3) is 0 Å². The molecule has 0 saturated heterocycles. The Kier molecular flexibility index (Phi) is 5.13. The van der Waals surface area contributed by atoms with Crippen LogP contribution in [0.1, 0.15) is 17.2 Å². The molecule has 0 spiro atoms. The largest absolute Gasteiger partial charge is 0.476 e. The van der Waals surface area contributed by atoms with E-state index in [9.17, 15) is 4.79 Å². The molecule has 1 N–H and O–H groups in total. The number of nitrogens with one attached hydrogen (secondary N) is 1. The Morgan fingerprint density at radius 2 is 1.88 bits per heavy atom. The average Bonchev–Trinajstić information content (AvgIpc) is 3.08. The second-order valence-electron chi connectivity index (χ2n) is 5.19. The van der Waals surface area contributed by atoms with Gasteiger partial charge in [0.15, 0.2) is 5.13 Å². The molecule has 122 valence electrons. The van der Waals surface area contributed by atoms with Crippen LogP contribution in [0.15, 0.2) is 60.1 Å². The molecular weight excluding hydrogens is 344 g/mol. The number of ether oxygens (including phenoxy) is 1. The Balaban J connectivity index is 1.86. The average molecular weight is 359 g/mol. The lowest BCUT2D eigenvalue weighted by Crippen LogP contribution is -2.25. The minimum atomic E-state index is -0.797. The molecule has 0 bridgehead atoms. The Morgan fingerprint density at radius 1 is 1.17 bits per heavy atom. The molecule has 3 rings (SSSR count). The second kappa shape index (κ2) is 7.47. The Hall–Kier alpha value is -2.37. The van der Waals surface area contributed by atoms with Crippen LogP contribution >= 0.6 is 22.9 Å². The van der Waals surface area contributed by atoms with Gasteiger partial charge in [-0.05, 0) is 31.2 Å². The van der Waals surface area contributed by atoms with Crippen LogP contribution in [-0.2, 0) is 4.79 Å². The van der Waals surface area contributed by atoms with Gasteiger partial charge in [0.25, 0.3) is 5.91 Å². The van der Waals surface area contributed by atoms with Crippen molar-refractivity contribution < 1.29 is 9.53 Å². The maximum absolute atomic E-state index is 12.7. The lowest BCUT2D eigenvalue weighted by molar-refractivity contribution is -0.123. The zero-order valence-electron chi connectivity index (χ0n) is 12.9. The Morgan fingerprint density at radius 3 is 2.50 bits per heavy atom. The number of benzene rings is 2. The lowest BCUT2D eigenvalue weighted by Gasteiger charge is -2.18. The number of hydrogen-bond donors (Lipinski definition) is 1. The minimum Gasteiger partial charge on any atom is -0.476 e. The van der Waals surface area contributed by atoms with E-state index < -0.39 is 6.10 Å². The summed E-state index contributed by atoms with van der Waals surface area (Å²) in [5.41, 5.74) is 1.84. The van der Waals surface area contributed by atoms with Crippen molar-refractivity contribution in [2.75, 3.05) is 5.32 Å². The highest BCUT2D eigenvalue weighted by atomic mass is 35.5. The number of aromatic nitrogens is 1. The SMILES string of the molecule is Cc1ccc(OC(C(=O)Nc2nccs2)c2ccc(Cl)cc2)cc1. The van der Waals surface area contributed by atoms with E-state index in [4.69, 9.17) is 16.3 Å². The summed E-state index contributed by atoms with van der Waals surface area (Å²) in [6, 6.07) is 14.6. The van der Waals surface area contributed by atoms with Crippen LogP contribution in [0.5, 0.6) is 5.75 Å². The van der Waals surface area contributed by atoms with E-state index in [1.807, 2.05) is 31.2 Å². The number of nitrogens with zero attached hydrogens (tertiary/aromatic N) is 1. The lowest BCUT2D eigenvalue weighted by atomic mass is 10.1. The second-order valence-corrected chi connectivity index (χ2v) is 6.52. The Labute approximate surface area is 149 Å². The monoisotopic (exact) mass is 358 g/mol. The summed E-state index contributed by atoms with van der Waals surface area (Å²) < 4.78 is 5.93. The van der Waals surface area contributed by atoms with Gasteiger partial charge in [-0.1, -0.05) is 41.4 Å². The van der Waals surface area contributed by atoms with Crippen molar-refractivity contribution in [3.63, 3.8) is 0 Å². The molecule has 24 heavy (non-hydrogen) atoms. The van der Waals surface area contributed by atoms with Gasteiger partial charge >= 0.3 is 0 Å². The summed E-state index contributed by atoms with van der Waals surface area (Å²) >= 11 is 7.29. The fraction of sp³-hybridized carbons (Fsp3) is 0.111. The number of amides is 1. The van der Waals surface area contributed by atoms with Crippen LogP contribution in [-0.4, -0.2) is 10.9 Å². The first-order valence-corrected chi connectivity index (χ1v) is 8.57. The quantitative estimate of drug-likeness (QED) is 0.708. The first kappa shape index (κ1) is 16.5. The molecular formula is C18H15ClN2O2S. The number of rotatable bonds is 5. The zero-order valence-corrected chi connectivity index (χ0v) is 14.5. The van der Waals surface area contributed by atoms with E-state index >= 15 is 0 Å². The van der Waals surface area contributed by atoms with Crippen molar-refractivity contribution >= 4 is 34.0 Å².